The third-order valence-corrected chi connectivity index (χ3v) is 6.85. The van der Waals surface area contributed by atoms with Crippen LogP contribution in [0.25, 0.3) is 10.2 Å². The van der Waals surface area contributed by atoms with Crippen LogP contribution in [0.1, 0.15) is 43.5 Å². The molecule has 2 aromatic rings. The molecular formula is C21H27N3O2S. The van der Waals surface area contributed by atoms with Crippen LogP contribution in [0.2, 0.25) is 0 Å². The average Bonchev–Trinajstić information content (AvgIpc) is 3.15. The highest BCUT2D eigenvalue weighted by Crippen LogP contribution is 2.24. The lowest BCUT2D eigenvalue weighted by atomic mass is 9.94. The summed E-state index contributed by atoms with van der Waals surface area (Å²) in [5.41, 5.74) is 1.02. The van der Waals surface area contributed by atoms with Crippen LogP contribution in [0.5, 0.6) is 0 Å². The van der Waals surface area contributed by atoms with Crippen LogP contribution in [0.15, 0.2) is 24.3 Å². The number of rotatable bonds is 4. The Balaban J connectivity index is 1.25. The first-order chi connectivity index (χ1) is 13.2. The number of piperidine rings is 2. The highest BCUT2D eigenvalue weighted by atomic mass is 32.1. The normalized spacial score (nSPS) is 18.8. The van der Waals surface area contributed by atoms with Crippen molar-refractivity contribution in [3.8, 4) is 0 Å². The van der Waals surface area contributed by atoms with Crippen molar-refractivity contribution in [1.29, 1.82) is 0 Å². The van der Waals surface area contributed by atoms with Crippen molar-refractivity contribution < 1.29 is 9.59 Å². The van der Waals surface area contributed by atoms with Gasteiger partial charge in [0.05, 0.1) is 15.2 Å². The van der Waals surface area contributed by atoms with Gasteiger partial charge in [0.25, 0.3) is 0 Å². The van der Waals surface area contributed by atoms with Crippen molar-refractivity contribution in [2.45, 2.75) is 44.9 Å². The van der Waals surface area contributed by atoms with Gasteiger partial charge in [0.2, 0.25) is 11.8 Å². The van der Waals surface area contributed by atoms with E-state index in [1.54, 1.807) is 11.3 Å². The third kappa shape index (κ3) is 4.32. The van der Waals surface area contributed by atoms with E-state index in [2.05, 4.69) is 11.1 Å². The van der Waals surface area contributed by atoms with Crippen molar-refractivity contribution >= 4 is 33.4 Å². The molecule has 2 fully saturated rings. The Labute approximate surface area is 164 Å². The number of aromatic nitrogens is 1. The first-order valence-electron chi connectivity index (χ1n) is 10.1. The summed E-state index contributed by atoms with van der Waals surface area (Å²) in [5, 5.41) is 1.03. The van der Waals surface area contributed by atoms with E-state index in [1.807, 2.05) is 28.0 Å². The molecule has 3 heterocycles. The lowest BCUT2D eigenvalue weighted by molar-refractivity contribution is -0.141. The zero-order valence-corrected chi connectivity index (χ0v) is 16.5. The van der Waals surface area contributed by atoms with Gasteiger partial charge >= 0.3 is 0 Å². The fourth-order valence-corrected chi connectivity index (χ4v) is 5.11. The smallest absolute Gasteiger partial charge is 0.225 e. The summed E-state index contributed by atoms with van der Waals surface area (Å²) in [5.74, 6) is 0.616. The number of hydrogen-bond donors (Lipinski definition) is 0. The highest BCUT2D eigenvalue weighted by Gasteiger charge is 2.30. The molecule has 0 radical (unpaired) electrons. The van der Waals surface area contributed by atoms with Crippen LogP contribution in [0.3, 0.4) is 0 Å². The first-order valence-corrected chi connectivity index (χ1v) is 10.9. The van der Waals surface area contributed by atoms with Gasteiger partial charge in [-0.15, -0.1) is 11.3 Å². The van der Waals surface area contributed by atoms with Crippen LogP contribution in [-0.4, -0.2) is 52.8 Å². The van der Waals surface area contributed by atoms with E-state index in [4.69, 9.17) is 0 Å². The van der Waals surface area contributed by atoms with Crippen LogP contribution >= 0.6 is 11.3 Å². The third-order valence-electron chi connectivity index (χ3n) is 5.76. The SMILES string of the molecule is O=C(CCc1nc2ccccc2s1)N1CCC(C(=O)N2CCCCC2)CC1. The number of benzene rings is 1. The summed E-state index contributed by atoms with van der Waals surface area (Å²) in [4.78, 5) is 33.8. The van der Waals surface area contributed by atoms with Gasteiger partial charge < -0.3 is 9.80 Å². The minimum Gasteiger partial charge on any atom is -0.343 e. The van der Waals surface area contributed by atoms with Crippen LogP contribution in [0.4, 0.5) is 0 Å². The van der Waals surface area contributed by atoms with Crippen molar-refractivity contribution in [2.24, 2.45) is 5.92 Å². The number of thiazole rings is 1. The maximum atomic E-state index is 12.6. The largest absolute Gasteiger partial charge is 0.343 e. The Morgan fingerprint density at radius 1 is 1.00 bits per heavy atom. The molecular weight excluding hydrogens is 358 g/mol. The van der Waals surface area contributed by atoms with Gasteiger partial charge in [0, 0.05) is 44.9 Å². The molecule has 6 heteroatoms. The fourth-order valence-electron chi connectivity index (χ4n) is 4.15. The minimum atomic E-state index is 0.108. The molecule has 0 aliphatic carbocycles. The Morgan fingerprint density at radius 2 is 1.74 bits per heavy atom. The number of carbonyl (C=O) groups excluding carboxylic acids is 2. The van der Waals surface area contributed by atoms with Crippen LogP contribution < -0.4 is 0 Å². The minimum absolute atomic E-state index is 0.108. The maximum Gasteiger partial charge on any atom is 0.225 e. The van der Waals surface area contributed by atoms with E-state index in [1.165, 1.54) is 11.1 Å². The summed E-state index contributed by atoms with van der Waals surface area (Å²) < 4.78 is 1.18. The number of amides is 2. The zero-order chi connectivity index (χ0) is 18.6. The lowest BCUT2D eigenvalue weighted by Gasteiger charge is -2.35. The van der Waals surface area contributed by atoms with Gasteiger partial charge in [0.1, 0.15) is 0 Å². The standard InChI is InChI=1S/C21H27N3O2S/c25-20(9-8-19-22-17-6-2-3-7-18(17)27-19)23-14-10-16(11-15-23)21(26)24-12-4-1-5-13-24/h2-3,6-7,16H,1,4-5,8-15H2. The predicted octanol–water partition coefficient (Wildman–Crippen LogP) is 3.48. The molecule has 4 rings (SSSR count). The molecule has 1 aromatic carbocycles. The monoisotopic (exact) mass is 385 g/mol. The van der Waals surface area contributed by atoms with E-state index < -0.39 is 0 Å². The summed E-state index contributed by atoms with van der Waals surface area (Å²) in [6, 6.07) is 8.10. The van der Waals surface area contributed by atoms with Gasteiger partial charge in [-0.1, -0.05) is 12.1 Å². The molecule has 2 aliphatic rings. The second-order valence-corrected chi connectivity index (χ2v) is 8.73. The van der Waals surface area contributed by atoms with E-state index in [9.17, 15) is 9.59 Å². The molecule has 2 aliphatic heterocycles. The van der Waals surface area contributed by atoms with E-state index in [-0.39, 0.29) is 11.8 Å². The Bertz CT molecular complexity index is 772. The predicted molar refractivity (Wildman–Crippen MR) is 108 cm³/mol. The lowest BCUT2D eigenvalue weighted by Crippen LogP contribution is -2.45. The molecule has 2 saturated heterocycles. The van der Waals surface area contributed by atoms with Crippen molar-refractivity contribution in [1.82, 2.24) is 14.8 Å². The summed E-state index contributed by atoms with van der Waals surface area (Å²) in [6.07, 6.45) is 6.33. The molecule has 0 unspecified atom stereocenters. The molecule has 27 heavy (non-hydrogen) atoms. The van der Waals surface area contributed by atoms with Gasteiger partial charge in [0.15, 0.2) is 0 Å². The Morgan fingerprint density at radius 3 is 2.48 bits per heavy atom. The summed E-state index contributed by atoms with van der Waals surface area (Å²) >= 11 is 1.67. The van der Waals surface area contributed by atoms with Gasteiger partial charge in [-0.25, -0.2) is 4.98 Å². The topological polar surface area (TPSA) is 53.5 Å². The number of fused-ring (bicyclic) bond motifs is 1. The molecule has 5 nitrogen and oxygen atoms in total. The average molecular weight is 386 g/mol. The second-order valence-electron chi connectivity index (χ2n) is 7.62. The maximum absolute atomic E-state index is 12.6. The molecule has 0 saturated carbocycles. The summed E-state index contributed by atoms with van der Waals surface area (Å²) in [7, 11) is 0. The molecule has 1 aromatic heterocycles. The van der Waals surface area contributed by atoms with Crippen LogP contribution in [-0.2, 0) is 16.0 Å². The number of carbonyl (C=O) groups is 2. The molecule has 144 valence electrons. The molecule has 0 bridgehead atoms. The van der Waals surface area contributed by atoms with Gasteiger partial charge in [-0.05, 0) is 44.2 Å². The van der Waals surface area contributed by atoms with E-state index in [0.717, 1.165) is 49.3 Å². The number of aryl methyl sites for hydroxylation is 1. The molecule has 0 N–H and O–H groups in total. The zero-order valence-electron chi connectivity index (χ0n) is 15.7. The quantitative estimate of drug-likeness (QED) is 0.810. The van der Waals surface area contributed by atoms with Gasteiger partial charge in [-0.3, -0.25) is 9.59 Å². The Kier molecular flexibility index (Phi) is 5.72. The van der Waals surface area contributed by atoms with Gasteiger partial charge in [-0.2, -0.15) is 0 Å². The Hall–Kier alpha value is -1.95. The highest BCUT2D eigenvalue weighted by molar-refractivity contribution is 7.18. The van der Waals surface area contributed by atoms with E-state index >= 15 is 0 Å². The van der Waals surface area contributed by atoms with Crippen molar-refractivity contribution in [2.75, 3.05) is 26.2 Å². The van der Waals surface area contributed by atoms with E-state index in [0.29, 0.717) is 31.8 Å². The first kappa shape index (κ1) is 18.4. The number of nitrogens with zero attached hydrogens (tertiary/aromatic N) is 3. The second kappa shape index (κ2) is 8.38. The number of hydrogen-bond acceptors (Lipinski definition) is 4. The molecule has 0 spiro atoms. The number of likely N-dealkylation sites (tertiary alicyclic amines) is 2. The van der Waals surface area contributed by atoms with Crippen molar-refractivity contribution in [3.63, 3.8) is 0 Å². The van der Waals surface area contributed by atoms with Crippen LogP contribution in [0, 0.1) is 5.92 Å². The molecule has 0 atom stereocenters. The molecule has 2 amide bonds. The number of para-hydroxylation sites is 1. The van der Waals surface area contributed by atoms with Crippen molar-refractivity contribution in [3.05, 3.63) is 29.3 Å². The summed E-state index contributed by atoms with van der Waals surface area (Å²) in [6.45, 7) is 3.26. The fraction of sp³-hybridized carbons (Fsp3) is 0.571.